The van der Waals surface area contributed by atoms with Crippen LogP contribution in [0.5, 0.6) is 0 Å². The maximum absolute atomic E-state index is 9.46. The maximum atomic E-state index is 9.46. The fourth-order valence-corrected chi connectivity index (χ4v) is 8.35. The van der Waals surface area contributed by atoms with Crippen molar-refractivity contribution in [2.24, 2.45) is 0 Å². The van der Waals surface area contributed by atoms with Crippen LogP contribution in [0.4, 0.5) is 0 Å². The van der Waals surface area contributed by atoms with E-state index in [1.807, 2.05) is 72.8 Å². The zero-order chi connectivity index (χ0) is 37.9. The molecule has 0 fully saturated rings. The molecule has 0 amide bonds. The lowest BCUT2D eigenvalue weighted by molar-refractivity contribution is 0.666. The number of rotatable bonds is 4. The Morgan fingerprint density at radius 1 is 0.547 bits per heavy atom. The van der Waals surface area contributed by atoms with E-state index >= 15 is 0 Å². The van der Waals surface area contributed by atoms with Crippen molar-refractivity contribution in [3.05, 3.63) is 169 Å². The van der Waals surface area contributed by atoms with Crippen molar-refractivity contribution in [2.75, 3.05) is 0 Å². The van der Waals surface area contributed by atoms with Gasteiger partial charge in [-0.15, -0.1) is 0 Å². The normalized spacial score (nSPS) is 14.0. The van der Waals surface area contributed by atoms with E-state index in [0.29, 0.717) is 28.0 Å². The van der Waals surface area contributed by atoms with Crippen LogP contribution in [0.15, 0.2) is 162 Å². The third-order valence-corrected chi connectivity index (χ3v) is 10.8. The van der Waals surface area contributed by atoms with Crippen LogP contribution < -0.4 is 0 Å². The molecule has 1 aliphatic carbocycles. The van der Waals surface area contributed by atoms with Crippen molar-refractivity contribution in [3.8, 4) is 51.0 Å². The number of furan rings is 1. The maximum Gasteiger partial charge on any atom is 0.164 e. The van der Waals surface area contributed by atoms with E-state index in [1.54, 1.807) is 6.07 Å². The van der Waals surface area contributed by atoms with Crippen LogP contribution in [0.2, 0.25) is 0 Å². The molecule has 5 nitrogen and oxygen atoms in total. The summed E-state index contributed by atoms with van der Waals surface area (Å²) in [6.45, 7) is 4.61. The first-order valence-corrected chi connectivity index (χ1v) is 17.8. The lowest BCUT2D eigenvalue weighted by Gasteiger charge is -2.22. The second kappa shape index (κ2) is 11.1. The summed E-state index contributed by atoms with van der Waals surface area (Å²) in [4.78, 5) is 14.4. The Kier molecular flexibility index (Phi) is 5.62. The predicted molar refractivity (Wildman–Crippen MR) is 215 cm³/mol. The Bertz CT molecular complexity index is 3200. The molecule has 0 aliphatic heterocycles. The first-order valence-electron chi connectivity index (χ1n) is 19.3. The molecule has 7 aromatic carbocycles. The Morgan fingerprint density at radius 2 is 1.21 bits per heavy atom. The second-order valence-electron chi connectivity index (χ2n) is 14.2. The number of hydrogen-bond donors (Lipinski definition) is 0. The van der Waals surface area contributed by atoms with Crippen LogP contribution in [0.1, 0.15) is 29.1 Å². The molecule has 53 heavy (non-hydrogen) atoms. The van der Waals surface area contributed by atoms with E-state index in [0.717, 1.165) is 33.2 Å². The monoisotopic (exact) mass is 683 g/mol. The largest absolute Gasteiger partial charge is 0.456 e. The lowest BCUT2D eigenvalue weighted by atomic mass is 9.80. The Balaban J connectivity index is 1.13. The van der Waals surface area contributed by atoms with Crippen LogP contribution >= 0.6 is 0 Å². The SMILES string of the molecule is [2H]c1cc2c(oc3c([2H])cc(-n4c5ccccc5c5c6c(ccc54)-c4ccccc4C6(C)C)cc32)c([2H])c1-c1nc(-c2ccccc2)nc(-c2ccccc2)n1. The first kappa shape index (κ1) is 26.9. The molecular weight excluding hydrogens is 649 g/mol. The van der Waals surface area contributed by atoms with Crippen LogP contribution in [-0.4, -0.2) is 19.5 Å². The van der Waals surface area contributed by atoms with Gasteiger partial charge >= 0.3 is 0 Å². The summed E-state index contributed by atoms with van der Waals surface area (Å²) in [6.07, 6.45) is 0. The number of para-hydroxylation sites is 1. The fourth-order valence-electron chi connectivity index (χ4n) is 8.35. The number of fused-ring (bicyclic) bond motifs is 10. The van der Waals surface area contributed by atoms with E-state index in [-0.39, 0.29) is 40.5 Å². The van der Waals surface area contributed by atoms with Crippen molar-refractivity contribution in [2.45, 2.75) is 19.3 Å². The highest BCUT2D eigenvalue weighted by Gasteiger charge is 2.38. The Hall–Kier alpha value is -6.85. The summed E-state index contributed by atoms with van der Waals surface area (Å²) in [5.41, 5.74) is 10.3. The van der Waals surface area contributed by atoms with Crippen LogP contribution in [0.3, 0.4) is 0 Å². The minimum Gasteiger partial charge on any atom is -0.456 e. The topological polar surface area (TPSA) is 56.7 Å². The third-order valence-electron chi connectivity index (χ3n) is 10.8. The highest BCUT2D eigenvalue weighted by molar-refractivity contribution is 6.15. The van der Waals surface area contributed by atoms with Gasteiger partial charge in [-0.25, -0.2) is 15.0 Å². The van der Waals surface area contributed by atoms with E-state index in [9.17, 15) is 4.11 Å². The van der Waals surface area contributed by atoms with E-state index in [1.165, 1.54) is 27.6 Å². The molecule has 5 heteroatoms. The molecular formula is C48H32N4O. The summed E-state index contributed by atoms with van der Waals surface area (Å²) in [5.74, 6) is 1.10. The molecule has 0 saturated heterocycles. The standard InChI is InChI=1S/C48H32N4O/c1-48(2)38-19-11-9-17-33(38)35-24-25-40-43(44(35)48)36-18-10-12-20-39(36)52(40)32-22-26-41-37(28-32)34-23-21-31(27-42(34)53-41)47-50-45(29-13-5-3-6-14-29)49-46(51-47)30-15-7-4-8-16-30/h3-28H,1-2H3/i21D,26D,27D. The molecule has 0 radical (unpaired) electrons. The quantitative estimate of drug-likeness (QED) is 0.185. The van der Waals surface area contributed by atoms with Gasteiger partial charge in [0.15, 0.2) is 17.5 Å². The van der Waals surface area contributed by atoms with Gasteiger partial charge in [-0.1, -0.05) is 129 Å². The zero-order valence-electron chi connectivity index (χ0n) is 32.0. The smallest absolute Gasteiger partial charge is 0.164 e. The van der Waals surface area contributed by atoms with Crippen molar-refractivity contribution in [1.82, 2.24) is 19.5 Å². The van der Waals surface area contributed by atoms with E-state index in [2.05, 4.69) is 79.1 Å². The number of aromatic nitrogens is 4. The Labute approximate surface area is 310 Å². The highest BCUT2D eigenvalue weighted by atomic mass is 16.3. The van der Waals surface area contributed by atoms with Gasteiger partial charge < -0.3 is 8.98 Å². The lowest BCUT2D eigenvalue weighted by Crippen LogP contribution is -2.15. The van der Waals surface area contributed by atoms with Gasteiger partial charge in [-0.3, -0.25) is 0 Å². The minimum absolute atomic E-state index is 0.0110. The van der Waals surface area contributed by atoms with Crippen molar-refractivity contribution < 1.29 is 8.53 Å². The fraction of sp³-hybridized carbons (Fsp3) is 0.0625. The molecule has 0 N–H and O–H groups in total. The minimum atomic E-state index is -0.208. The molecule has 3 heterocycles. The highest BCUT2D eigenvalue weighted by Crippen LogP contribution is 2.53. The van der Waals surface area contributed by atoms with Crippen LogP contribution in [0, 0.1) is 0 Å². The molecule has 1 aliphatic rings. The number of benzene rings is 7. The Morgan fingerprint density at radius 3 is 1.96 bits per heavy atom. The number of hydrogen-bond acceptors (Lipinski definition) is 4. The first-order chi connectivity index (χ1) is 27.3. The predicted octanol–water partition coefficient (Wildman–Crippen LogP) is 12.2. The molecule has 0 spiro atoms. The van der Waals surface area contributed by atoms with Crippen LogP contribution in [-0.2, 0) is 5.41 Å². The van der Waals surface area contributed by atoms with Gasteiger partial charge in [0.2, 0.25) is 0 Å². The molecule has 0 bridgehead atoms. The van der Waals surface area contributed by atoms with Gasteiger partial charge in [0.25, 0.3) is 0 Å². The molecule has 250 valence electrons. The van der Waals surface area contributed by atoms with Gasteiger partial charge in [0.05, 0.1) is 15.1 Å². The van der Waals surface area contributed by atoms with E-state index < -0.39 is 0 Å². The van der Waals surface area contributed by atoms with Crippen molar-refractivity contribution >= 4 is 43.7 Å². The summed E-state index contributed by atoms with van der Waals surface area (Å²) >= 11 is 0. The molecule has 0 unspecified atom stereocenters. The van der Waals surface area contributed by atoms with Gasteiger partial charge in [-0.05, 0) is 64.7 Å². The molecule has 10 aromatic rings. The van der Waals surface area contributed by atoms with E-state index in [4.69, 9.17) is 19.4 Å². The van der Waals surface area contributed by atoms with Crippen molar-refractivity contribution in [3.63, 3.8) is 0 Å². The molecule has 11 rings (SSSR count). The molecule has 0 saturated carbocycles. The number of nitrogens with zero attached hydrogens (tertiary/aromatic N) is 4. The summed E-state index contributed by atoms with van der Waals surface area (Å²) in [6, 6.07) is 46.7. The summed E-state index contributed by atoms with van der Waals surface area (Å²) in [7, 11) is 0. The average molecular weight is 684 g/mol. The zero-order valence-corrected chi connectivity index (χ0v) is 29.0. The summed E-state index contributed by atoms with van der Waals surface area (Å²) < 4.78 is 36.7. The molecule has 0 atom stereocenters. The molecule has 3 aromatic heterocycles. The summed E-state index contributed by atoms with van der Waals surface area (Å²) in [5, 5.41) is 3.61. The third kappa shape index (κ3) is 4.40. The second-order valence-corrected chi connectivity index (χ2v) is 14.2. The van der Waals surface area contributed by atoms with Crippen LogP contribution in [0.25, 0.3) is 94.7 Å². The van der Waals surface area contributed by atoms with Gasteiger partial charge in [0.1, 0.15) is 11.2 Å². The van der Waals surface area contributed by atoms with Gasteiger partial charge in [0, 0.05) is 49.3 Å². The average Bonchev–Trinajstić information content (AvgIpc) is 3.84. The van der Waals surface area contributed by atoms with Crippen molar-refractivity contribution in [1.29, 1.82) is 0 Å². The van der Waals surface area contributed by atoms with Gasteiger partial charge in [-0.2, -0.15) is 0 Å².